The third kappa shape index (κ3) is 6.21. The molecule has 0 N–H and O–H groups in total. The molecule has 0 fully saturated rings. The van der Waals surface area contributed by atoms with E-state index < -0.39 is 19.7 Å². The molecule has 13 rings (SSSR count). The van der Waals surface area contributed by atoms with Gasteiger partial charge in [0.25, 0.3) is 0 Å². The van der Waals surface area contributed by atoms with Gasteiger partial charge in [-0.1, -0.05) is 151 Å². The molecule has 4 heterocycles. The van der Waals surface area contributed by atoms with Crippen molar-refractivity contribution in [2.24, 2.45) is 0 Å². The third-order valence-electron chi connectivity index (χ3n) is 13.1. The Morgan fingerprint density at radius 1 is 0.418 bits per heavy atom. The monoisotopic (exact) mass is 974 g/mol. The molecule has 11 heteroatoms. The number of rotatable bonds is 5. The number of nitrogens with zero attached hydrogens (tertiary/aromatic N) is 4. The van der Waals surface area contributed by atoms with Crippen molar-refractivity contribution in [2.75, 3.05) is 0 Å². The van der Waals surface area contributed by atoms with Crippen molar-refractivity contribution in [3.05, 3.63) is 192 Å². The second-order valence-electron chi connectivity index (χ2n) is 16.8. The number of fused-ring (bicyclic) bond motifs is 6. The molecule has 0 spiro atoms. The molecule has 2 aromatic heterocycles. The standard InChI is InChI=1S/C41H28N2O2S.C15H11BrN2O2S/c1-2-38-42-34-17-10-18-36-41(34)43(38)35-24-23-29(25-37(35)46(36,44)45)40-32-15-8-6-13-30(32)39(31-14-7-9-16-33(31)40)28-21-19-27(20-22-28)26-11-4-3-5-12-26;1-2-14-17-10-4-3-5-12-15(10)18(14)11-7-6-9(16)8-13(11)21(12,19)20/h3-25H,2H2,1H3;3-8H,2H2,1H3. The summed E-state index contributed by atoms with van der Waals surface area (Å²) in [4.78, 5) is 10.6. The number of hydrogen-bond acceptors (Lipinski definition) is 6. The van der Waals surface area contributed by atoms with E-state index in [4.69, 9.17) is 4.98 Å². The van der Waals surface area contributed by atoms with Crippen LogP contribution in [0.2, 0.25) is 0 Å². The van der Waals surface area contributed by atoms with E-state index in [0.717, 1.165) is 66.3 Å². The van der Waals surface area contributed by atoms with Crippen LogP contribution in [0.3, 0.4) is 0 Å². The molecule has 0 saturated heterocycles. The van der Waals surface area contributed by atoms with E-state index in [1.165, 1.54) is 16.7 Å². The van der Waals surface area contributed by atoms with Gasteiger partial charge in [0.1, 0.15) is 11.6 Å². The summed E-state index contributed by atoms with van der Waals surface area (Å²) < 4.78 is 58.9. The molecule has 2 aliphatic rings. The highest BCUT2D eigenvalue weighted by Crippen LogP contribution is 2.47. The Kier molecular flexibility index (Phi) is 9.52. The maximum absolute atomic E-state index is 14.2. The number of benzene rings is 9. The van der Waals surface area contributed by atoms with E-state index >= 15 is 0 Å². The number of halogens is 1. The molecule has 326 valence electrons. The van der Waals surface area contributed by atoms with Crippen LogP contribution >= 0.6 is 15.9 Å². The van der Waals surface area contributed by atoms with Crippen molar-refractivity contribution in [1.82, 2.24) is 19.1 Å². The predicted molar refractivity (Wildman–Crippen MR) is 271 cm³/mol. The molecule has 0 amide bonds. The number of aryl methyl sites for hydroxylation is 2. The van der Waals surface area contributed by atoms with Crippen LogP contribution in [0.15, 0.2) is 200 Å². The van der Waals surface area contributed by atoms with Gasteiger partial charge in [0.15, 0.2) is 0 Å². The number of imidazole rings is 2. The zero-order chi connectivity index (χ0) is 45.8. The Hall–Kier alpha value is -7.18. The molecule has 0 atom stereocenters. The highest BCUT2D eigenvalue weighted by molar-refractivity contribution is 9.10. The Morgan fingerprint density at radius 2 is 0.836 bits per heavy atom. The van der Waals surface area contributed by atoms with Crippen LogP contribution < -0.4 is 0 Å². The highest BCUT2D eigenvalue weighted by atomic mass is 79.9. The molecule has 0 radical (unpaired) electrons. The Labute approximate surface area is 395 Å². The normalized spacial score (nSPS) is 13.9. The average molecular weight is 976 g/mol. The molecule has 0 unspecified atom stereocenters. The minimum absolute atomic E-state index is 0.311. The first kappa shape index (κ1) is 41.3. The summed E-state index contributed by atoms with van der Waals surface area (Å²) in [7, 11) is -7.29. The number of sulfone groups is 2. The zero-order valence-corrected chi connectivity index (χ0v) is 39.5. The summed E-state index contributed by atoms with van der Waals surface area (Å²) >= 11 is 3.36. The highest BCUT2D eigenvalue weighted by Gasteiger charge is 2.35. The number of para-hydroxylation sites is 2. The maximum Gasteiger partial charge on any atom is 0.210 e. The average Bonchev–Trinajstić information content (AvgIpc) is 3.94. The fraction of sp³-hybridized carbons (Fsp3) is 0.0714. The quantitative estimate of drug-likeness (QED) is 0.159. The smallest absolute Gasteiger partial charge is 0.210 e. The van der Waals surface area contributed by atoms with Crippen LogP contribution in [0.4, 0.5) is 0 Å². The van der Waals surface area contributed by atoms with Crippen molar-refractivity contribution in [1.29, 1.82) is 0 Å². The first-order chi connectivity index (χ1) is 32.6. The van der Waals surface area contributed by atoms with Gasteiger partial charge < -0.3 is 0 Å². The fourth-order valence-corrected chi connectivity index (χ4v) is 14.0. The molecule has 2 aliphatic heterocycles. The second-order valence-corrected chi connectivity index (χ2v) is 21.5. The van der Waals surface area contributed by atoms with Gasteiger partial charge in [-0.3, -0.25) is 9.13 Å². The predicted octanol–water partition coefficient (Wildman–Crippen LogP) is 13.5. The molecule has 8 nitrogen and oxygen atoms in total. The lowest BCUT2D eigenvalue weighted by molar-refractivity contribution is 0.592. The van der Waals surface area contributed by atoms with Crippen LogP contribution in [-0.2, 0) is 32.5 Å². The first-order valence-corrected chi connectivity index (χ1v) is 25.9. The molecule has 67 heavy (non-hydrogen) atoms. The van der Waals surface area contributed by atoms with Gasteiger partial charge in [-0.25, -0.2) is 26.8 Å². The van der Waals surface area contributed by atoms with Gasteiger partial charge in [-0.2, -0.15) is 0 Å². The van der Waals surface area contributed by atoms with Crippen LogP contribution in [0.5, 0.6) is 0 Å². The summed E-state index contributed by atoms with van der Waals surface area (Å²) in [6, 6.07) is 58.0. The SMILES string of the molecule is CCc1nc2cccc3c2n1-c1ccc(-c2c4ccccc4c(-c4ccc(-c5ccccc5)cc4)c4ccccc24)cc1S3(=O)=O.CCc1nc2cccc3c2n1-c1ccc(Br)cc1S3(=O)=O. The van der Waals surface area contributed by atoms with Crippen LogP contribution in [-0.4, -0.2) is 35.9 Å². The van der Waals surface area contributed by atoms with Gasteiger partial charge in [0, 0.05) is 17.3 Å². The number of hydrogen-bond donors (Lipinski definition) is 0. The Morgan fingerprint density at radius 3 is 1.34 bits per heavy atom. The van der Waals surface area contributed by atoms with Crippen molar-refractivity contribution in [3.63, 3.8) is 0 Å². The molecule has 0 bridgehead atoms. The van der Waals surface area contributed by atoms with Crippen molar-refractivity contribution < 1.29 is 16.8 Å². The minimum atomic E-state index is -3.78. The largest absolute Gasteiger partial charge is 0.294 e. The summed E-state index contributed by atoms with van der Waals surface area (Å²) in [5.41, 5.74) is 10.7. The Balaban J connectivity index is 0.000000186. The minimum Gasteiger partial charge on any atom is -0.294 e. The molecule has 0 saturated carbocycles. The zero-order valence-electron chi connectivity index (χ0n) is 36.3. The lowest BCUT2D eigenvalue weighted by Gasteiger charge is -2.23. The van der Waals surface area contributed by atoms with Gasteiger partial charge in [0.2, 0.25) is 19.7 Å². The molecule has 0 aliphatic carbocycles. The molecular formula is C56H39BrN4O4S2. The molecular weight excluding hydrogens is 937 g/mol. The number of aromatic nitrogens is 4. The molecule has 11 aromatic rings. The van der Waals surface area contributed by atoms with E-state index in [1.807, 2.05) is 58.5 Å². The molecule has 9 aromatic carbocycles. The lowest BCUT2D eigenvalue weighted by Crippen LogP contribution is -2.16. The van der Waals surface area contributed by atoms with E-state index in [2.05, 4.69) is 131 Å². The van der Waals surface area contributed by atoms with Gasteiger partial charge in [-0.05, 0) is 110 Å². The van der Waals surface area contributed by atoms with E-state index in [1.54, 1.807) is 30.3 Å². The first-order valence-electron chi connectivity index (χ1n) is 22.1. The third-order valence-corrected chi connectivity index (χ3v) is 17.2. The Bertz CT molecular complexity index is 4050. The van der Waals surface area contributed by atoms with E-state index in [9.17, 15) is 16.8 Å². The van der Waals surface area contributed by atoms with Gasteiger partial charge >= 0.3 is 0 Å². The summed E-state index contributed by atoms with van der Waals surface area (Å²) in [6.45, 7) is 4.07. The topological polar surface area (TPSA) is 104 Å². The van der Waals surface area contributed by atoms with Gasteiger partial charge in [0.05, 0.1) is 53.0 Å². The van der Waals surface area contributed by atoms with Crippen LogP contribution in [0, 0.1) is 0 Å². The summed E-state index contributed by atoms with van der Waals surface area (Å²) in [6.07, 6.45) is 1.43. The fourth-order valence-electron chi connectivity index (χ4n) is 10.1. The van der Waals surface area contributed by atoms with Crippen molar-refractivity contribution in [3.8, 4) is 44.8 Å². The maximum atomic E-state index is 14.2. The summed E-state index contributed by atoms with van der Waals surface area (Å²) in [5, 5.41) is 4.41. The second kappa shape index (κ2) is 15.4. The van der Waals surface area contributed by atoms with E-state index in [0.29, 0.717) is 53.9 Å². The van der Waals surface area contributed by atoms with Crippen LogP contribution in [0.25, 0.3) is 88.4 Å². The van der Waals surface area contributed by atoms with Crippen molar-refractivity contribution in [2.45, 2.75) is 46.3 Å². The summed E-state index contributed by atoms with van der Waals surface area (Å²) in [5.74, 6) is 1.72. The lowest BCUT2D eigenvalue weighted by atomic mass is 9.85. The van der Waals surface area contributed by atoms with Crippen molar-refractivity contribution >= 4 is 79.2 Å². The van der Waals surface area contributed by atoms with E-state index in [-0.39, 0.29) is 0 Å². The van der Waals surface area contributed by atoms with Crippen LogP contribution in [0.1, 0.15) is 25.5 Å². The van der Waals surface area contributed by atoms with Gasteiger partial charge in [-0.15, -0.1) is 0 Å².